The predicted octanol–water partition coefficient (Wildman–Crippen LogP) is 3.86. The topological polar surface area (TPSA) is 37.6 Å². The van der Waals surface area contributed by atoms with Gasteiger partial charge in [0.15, 0.2) is 0 Å². The minimum Gasteiger partial charge on any atom is -0.256 e. The summed E-state index contributed by atoms with van der Waals surface area (Å²) < 4.78 is 0. The molecule has 0 fully saturated rings. The Labute approximate surface area is 92.9 Å². The smallest absolute Gasteiger partial charge is 0.102 e. The second kappa shape index (κ2) is 3.70. The molecule has 1 aromatic carbocycles. The monoisotopic (exact) mass is 207 g/mol. The first kappa shape index (κ1) is 8.97. The molecular formula is C13H9N3. The first-order valence-electron chi connectivity index (χ1n) is 5.07. The van der Waals surface area contributed by atoms with Crippen LogP contribution in [0.1, 0.15) is 5.56 Å². The summed E-state index contributed by atoms with van der Waals surface area (Å²) >= 11 is 0. The molecule has 0 bridgehead atoms. The number of hydrogen-bond donors (Lipinski definition) is 0. The highest BCUT2D eigenvalue weighted by Crippen LogP contribution is 2.30. The largest absolute Gasteiger partial charge is 0.256 e. The van der Waals surface area contributed by atoms with E-state index in [0.29, 0.717) is 0 Å². The van der Waals surface area contributed by atoms with Crippen molar-refractivity contribution in [3.63, 3.8) is 0 Å². The van der Waals surface area contributed by atoms with Crippen molar-refractivity contribution in [2.45, 2.75) is 0 Å². The number of allylic oxidation sites excluding steroid dienone is 2. The van der Waals surface area contributed by atoms with E-state index >= 15 is 0 Å². The quantitative estimate of drug-likeness (QED) is 0.646. The van der Waals surface area contributed by atoms with Crippen molar-refractivity contribution in [2.75, 3.05) is 0 Å². The lowest BCUT2D eigenvalue weighted by molar-refractivity contribution is 1.23. The van der Waals surface area contributed by atoms with E-state index in [0.717, 1.165) is 22.2 Å². The second-order valence-corrected chi connectivity index (χ2v) is 3.49. The maximum absolute atomic E-state index is 4.30. The van der Waals surface area contributed by atoms with Crippen LogP contribution in [0.4, 0.5) is 5.69 Å². The standard InChI is InChI=1S/C13H9N3/c1-2-9-15-16-13-10(4-1)6-7-12-11(13)5-3-8-14-12/h1-9H. The Morgan fingerprint density at radius 3 is 3.00 bits per heavy atom. The zero-order valence-electron chi connectivity index (χ0n) is 8.54. The van der Waals surface area contributed by atoms with Gasteiger partial charge in [0.05, 0.1) is 5.52 Å². The lowest BCUT2D eigenvalue weighted by Crippen LogP contribution is -1.82. The molecule has 1 aliphatic heterocycles. The van der Waals surface area contributed by atoms with Gasteiger partial charge in [0.1, 0.15) is 5.69 Å². The van der Waals surface area contributed by atoms with Gasteiger partial charge in [-0.25, -0.2) is 0 Å². The van der Waals surface area contributed by atoms with Crippen molar-refractivity contribution in [3.8, 4) is 0 Å². The van der Waals surface area contributed by atoms with Gasteiger partial charge in [0.2, 0.25) is 0 Å². The molecule has 0 spiro atoms. The summed E-state index contributed by atoms with van der Waals surface area (Å²) in [6.45, 7) is 0. The van der Waals surface area contributed by atoms with Crippen LogP contribution in [0.15, 0.2) is 59.0 Å². The van der Waals surface area contributed by atoms with Crippen LogP contribution in [-0.4, -0.2) is 4.98 Å². The summed E-state index contributed by atoms with van der Waals surface area (Å²) in [7, 11) is 0. The Bertz CT molecular complexity index is 624. The molecule has 16 heavy (non-hydrogen) atoms. The number of pyridine rings is 1. The molecular weight excluding hydrogens is 198 g/mol. The van der Waals surface area contributed by atoms with Crippen LogP contribution in [0.3, 0.4) is 0 Å². The minimum absolute atomic E-state index is 0.881. The number of benzene rings is 1. The van der Waals surface area contributed by atoms with Crippen LogP contribution in [0.2, 0.25) is 0 Å². The highest BCUT2D eigenvalue weighted by atomic mass is 15.1. The number of aromatic nitrogens is 1. The van der Waals surface area contributed by atoms with Gasteiger partial charge >= 0.3 is 0 Å². The van der Waals surface area contributed by atoms with E-state index in [9.17, 15) is 0 Å². The Kier molecular flexibility index (Phi) is 2.07. The third-order valence-corrected chi connectivity index (χ3v) is 2.49. The molecule has 3 rings (SSSR count). The average Bonchev–Trinajstić information content (AvgIpc) is 2.29. The van der Waals surface area contributed by atoms with E-state index in [1.165, 1.54) is 0 Å². The first-order chi connectivity index (χ1) is 7.95. The Morgan fingerprint density at radius 1 is 1.00 bits per heavy atom. The molecule has 0 atom stereocenters. The SMILES string of the molecule is C1=CN=Nc2c(ccc3ncccc23)C=C1. The van der Waals surface area contributed by atoms with Crippen LogP contribution in [0, 0.1) is 0 Å². The van der Waals surface area contributed by atoms with Gasteiger partial charge in [-0.15, -0.1) is 5.11 Å². The Morgan fingerprint density at radius 2 is 2.00 bits per heavy atom. The summed E-state index contributed by atoms with van der Waals surface area (Å²) in [6.07, 6.45) is 9.30. The number of rotatable bonds is 0. The summed E-state index contributed by atoms with van der Waals surface area (Å²) in [5.41, 5.74) is 2.89. The number of nitrogens with zero attached hydrogens (tertiary/aromatic N) is 3. The van der Waals surface area contributed by atoms with Gasteiger partial charge < -0.3 is 0 Å². The van der Waals surface area contributed by atoms with Crippen molar-refractivity contribution in [1.29, 1.82) is 0 Å². The van der Waals surface area contributed by atoms with Crippen molar-refractivity contribution in [1.82, 2.24) is 4.98 Å². The fourth-order valence-corrected chi connectivity index (χ4v) is 1.74. The van der Waals surface area contributed by atoms with E-state index < -0.39 is 0 Å². The number of hydrogen-bond acceptors (Lipinski definition) is 3. The third kappa shape index (κ3) is 1.42. The van der Waals surface area contributed by atoms with Crippen molar-refractivity contribution in [3.05, 3.63) is 54.4 Å². The van der Waals surface area contributed by atoms with Crippen LogP contribution in [0.25, 0.3) is 17.0 Å². The summed E-state index contributed by atoms with van der Waals surface area (Å²) in [5, 5.41) is 9.24. The number of azo groups is 1. The van der Waals surface area contributed by atoms with Gasteiger partial charge in [0, 0.05) is 23.3 Å². The molecule has 0 amide bonds. The fraction of sp³-hybridized carbons (Fsp3) is 0. The molecule has 0 saturated carbocycles. The second-order valence-electron chi connectivity index (χ2n) is 3.49. The Balaban J connectivity index is 2.38. The van der Waals surface area contributed by atoms with Crippen molar-refractivity contribution >= 4 is 22.7 Å². The summed E-state index contributed by atoms with van der Waals surface area (Å²) in [5.74, 6) is 0. The van der Waals surface area contributed by atoms with Gasteiger partial charge in [-0.3, -0.25) is 4.98 Å². The lowest BCUT2D eigenvalue weighted by Gasteiger charge is -2.04. The van der Waals surface area contributed by atoms with Crippen molar-refractivity contribution < 1.29 is 0 Å². The predicted molar refractivity (Wildman–Crippen MR) is 64.4 cm³/mol. The van der Waals surface area contributed by atoms with Crippen molar-refractivity contribution in [2.24, 2.45) is 10.2 Å². The minimum atomic E-state index is 0.881. The molecule has 1 aliphatic rings. The molecule has 0 unspecified atom stereocenters. The zero-order chi connectivity index (χ0) is 10.8. The molecule has 3 nitrogen and oxygen atoms in total. The lowest BCUT2D eigenvalue weighted by atomic mass is 10.1. The number of fused-ring (bicyclic) bond motifs is 3. The van der Waals surface area contributed by atoms with E-state index in [1.54, 1.807) is 12.4 Å². The molecule has 1 aromatic heterocycles. The van der Waals surface area contributed by atoms with E-state index in [-0.39, 0.29) is 0 Å². The molecule has 76 valence electrons. The average molecular weight is 207 g/mol. The molecule has 3 heteroatoms. The van der Waals surface area contributed by atoms with E-state index in [2.05, 4.69) is 15.2 Å². The summed E-state index contributed by atoms with van der Waals surface area (Å²) in [6, 6.07) is 7.94. The highest BCUT2D eigenvalue weighted by molar-refractivity contribution is 5.94. The fourth-order valence-electron chi connectivity index (χ4n) is 1.74. The van der Waals surface area contributed by atoms with Crippen LogP contribution in [-0.2, 0) is 0 Å². The molecule has 2 aromatic rings. The molecule has 0 aliphatic carbocycles. The van der Waals surface area contributed by atoms with Crippen LogP contribution in [0.5, 0.6) is 0 Å². The van der Waals surface area contributed by atoms with E-state index in [4.69, 9.17) is 0 Å². The third-order valence-electron chi connectivity index (χ3n) is 2.49. The van der Waals surface area contributed by atoms with Gasteiger partial charge in [0.25, 0.3) is 0 Å². The van der Waals surface area contributed by atoms with Crippen LogP contribution < -0.4 is 0 Å². The molecule has 2 heterocycles. The first-order valence-corrected chi connectivity index (χ1v) is 5.07. The normalized spacial score (nSPS) is 13.5. The van der Waals surface area contributed by atoms with Crippen LogP contribution >= 0.6 is 0 Å². The molecule has 0 saturated heterocycles. The summed E-state index contributed by atoms with van der Waals surface area (Å²) in [4.78, 5) is 4.30. The molecule has 0 radical (unpaired) electrons. The van der Waals surface area contributed by atoms with Gasteiger partial charge in [-0.2, -0.15) is 5.11 Å². The van der Waals surface area contributed by atoms with Gasteiger partial charge in [-0.05, 0) is 24.3 Å². The molecule has 0 N–H and O–H groups in total. The van der Waals surface area contributed by atoms with Gasteiger partial charge in [-0.1, -0.05) is 18.2 Å². The zero-order valence-corrected chi connectivity index (χ0v) is 8.54. The van der Waals surface area contributed by atoms with E-state index in [1.807, 2.05) is 42.5 Å². The highest BCUT2D eigenvalue weighted by Gasteiger charge is 2.05. The maximum Gasteiger partial charge on any atom is 0.102 e. The maximum atomic E-state index is 4.30. The Hall–Kier alpha value is -2.29.